The second-order valence-corrected chi connectivity index (χ2v) is 11.6. The Balaban J connectivity index is -0.000000801. The molecule has 0 unspecified atom stereocenters. The van der Waals surface area contributed by atoms with Crippen molar-refractivity contribution in [3.8, 4) is 0 Å². The Morgan fingerprint density at radius 2 is 0.559 bits per heavy atom. The van der Waals surface area contributed by atoms with E-state index in [4.69, 9.17) is 0 Å². The van der Waals surface area contributed by atoms with Gasteiger partial charge in [-0.15, -0.1) is 0 Å². The van der Waals surface area contributed by atoms with Crippen LogP contribution in [0, 0.1) is 0 Å². The van der Waals surface area contributed by atoms with E-state index >= 15 is 0 Å². The Morgan fingerprint density at radius 1 is 0.412 bits per heavy atom. The number of hydrogen-bond donors (Lipinski definition) is 0. The Hall–Kier alpha value is 1.64. The van der Waals surface area contributed by atoms with Crippen molar-refractivity contribution < 1.29 is 100 Å². The fourth-order valence-electron chi connectivity index (χ4n) is 3.65. The summed E-state index contributed by atoms with van der Waals surface area (Å²) in [5.74, 6) is 0. The van der Waals surface area contributed by atoms with Crippen molar-refractivity contribution in [2.45, 2.75) is 128 Å². The van der Waals surface area contributed by atoms with Crippen LogP contribution < -0.4 is 78.7 Å². The predicted molar refractivity (Wildman–Crippen MR) is 120 cm³/mol. The molecule has 0 aliphatic rings. The maximum absolute atomic E-state index is 11.0. The summed E-state index contributed by atoms with van der Waals surface area (Å²) in [4.78, 5) is 63.9. The molecule has 0 radical (unpaired) electrons. The van der Waals surface area contributed by atoms with Crippen LogP contribution in [-0.4, -0.2) is 11.0 Å². The molecule has 0 atom stereocenters. The van der Waals surface area contributed by atoms with Gasteiger partial charge in [-0.2, -0.15) is 0 Å². The van der Waals surface area contributed by atoms with Gasteiger partial charge in [0, 0.05) is 28.0 Å². The molecule has 0 aromatic rings. The summed E-state index contributed by atoms with van der Waals surface area (Å²) in [6, 6.07) is 0. The second kappa shape index (κ2) is 24.9. The average Bonchev–Trinajstić information content (AvgIpc) is 2.70. The van der Waals surface area contributed by atoms with Crippen LogP contribution in [0.2, 0.25) is 0 Å². The van der Waals surface area contributed by atoms with Gasteiger partial charge in [-0.3, -0.25) is 9.59 Å². The molecule has 34 heavy (non-hydrogen) atoms. The van der Waals surface area contributed by atoms with E-state index in [-0.39, 0.29) is 74.8 Å². The minimum absolute atomic E-state index is 0. The van der Waals surface area contributed by atoms with Crippen LogP contribution in [0.4, 0.5) is 0 Å². The summed E-state index contributed by atoms with van der Waals surface area (Å²) in [5, 5.41) is 0. The minimum Gasteiger partial charge on any atom is -0.805 e. The molecule has 0 aromatic carbocycles. The molecular formula is C22H42Na2O8P2. The summed E-state index contributed by atoms with van der Waals surface area (Å²) in [7, 11) is -10.1. The van der Waals surface area contributed by atoms with Crippen LogP contribution in [0.3, 0.4) is 0 Å². The van der Waals surface area contributed by atoms with Crippen LogP contribution >= 0.6 is 15.2 Å². The maximum atomic E-state index is 11.0. The fourth-order valence-corrected chi connectivity index (χ4v) is 4.52. The Morgan fingerprint density at radius 3 is 0.706 bits per heavy atom. The van der Waals surface area contributed by atoms with Crippen molar-refractivity contribution >= 4 is 26.2 Å². The molecule has 190 valence electrons. The molecule has 0 fully saturated rings. The molecule has 0 spiro atoms. The number of unbranched alkanes of at least 4 members (excludes halogenated alkanes) is 17. The van der Waals surface area contributed by atoms with Crippen molar-refractivity contribution in [2.24, 2.45) is 0 Å². The summed E-state index contributed by atoms with van der Waals surface area (Å²) in [5.41, 5.74) is -2.33. The largest absolute Gasteiger partial charge is 1.00 e. The third-order valence-electron chi connectivity index (χ3n) is 5.64. The first-order valence-corrected chi connectivity index (χ1v) is 15.2. The van der Waals surface area contributed by atoms with E-state index in [0.29, 0.717) is 12.8 Å². The third-order valence-corrected chi connectivity index (χ3v) is 7.31. The van der Waals surface area contributed by atoms with Gasteiger partial charge in [0.2, 0.25) is 0 Å². The number of hydrogen-bond acceptors (Lipinski definition) is 8. The third kappa shape index (κ3) is 26.7. The Kier molecular flexibility index (Phi) is 29.5. The topological polar surface area (TPSA) is 161 Å². The quantitative estimate of drug-likeness (QED) is 0.0806. The predicted octanol–water partition coefficient (Wildman–Crippen LogP) is -2.10. The first-order chi connectivity index (χ1) is 15.0. The van der Waals surface area contributed by atoms with Gasteiger partial charge in [-0.25, -0.2) is 0 Å². The fraction of sp³-hybridized carbons (Fsp3) is 0.909. The van der Waals surface area contributed by atoms with Gasteiger partial charge in [0.05, 0.1) is 0 Å². The molecule has 0 saturated carbocycles. The van der Waals surface area contributed by atoms with Crippen LogP contribution in [0.1, 0.15) is 131 Å². The summed E-state index contributed by atoms with van der Waals surface area (Å²) >= 11 is 0. The van der Waals surface area contributed by atoms with E-state index in [0.717, 1.165) is 51.4 Å². The number of carbonyl (C=O) groups is 2. The molecule has 0 bridgehead atoms. The van der Waals surface area contributed by atoms with Crippen molar-refractivity contribution in [1.82, 2.24) is 0 Å². The molecule has 0 heterocycles. The molecular weight excluding hydrogens is 500 g/mol. The molecule has 8 nitrogen and oxygen atoms in total. The summed E-state index contributed by atoms with van der Waals surface area (Å²) < 4.78 is 21.0. The smallest absolute Gasteiger partial charge is 0.805 e. The zero-order chi connectivity index (χ0) is 24.3. The molecule has 0 aliphatic carbocycles. The summed E-state index contributed by atoms with van der Waals surface area (Å²) in [6.45, 7) is 0. The Labute approximate surface area is 253 Å². The monoisotopic (exact) mass is 542 g/mol. The molecule has 0 rings (SSSR count). The summed E-state index contributed by atoms with van der Waals surface area (Å²) in [6.07, 6.45) is 18.5. The number of carbonyl (C=O) groups excluding carboxylic acids is 2. The average molecular weight is 542 g/mol. The van der Waals surface area contributed by atoms with E-state index in [1.165, 1.54) is 51.4 Å². The van der Waals surface area contributed by atoms with E-state index in [1.807, 2.05) is 0 Å². The van der Waals surface area contributed by atoms with Gasteiger partial charge in [0.25, 0.3) is 0 Å². The van der Waals surface area contributed by atoms with Gasteiger partial charge >= 0.3 is 62.0 Å². The van der Waals surface area contributed by atoms with E-state index in [2.05, 4.69) is 0 Å². The van der Waals surface area contributed by atoms with Crippen molar-refractivity contribution in [3.05, 3.63) is 0 Å². The first kappa shape index (κ1) is 40.1. The zero-order valence-electron chi connectivity index (χ0n) is 23.3. The van der Waals surface area contributed by atoms with E-state index in [1.54, 1.807) is 0 Å². The molecule has 0 amide bonds. The zero-order valence-corrected chi connectivity index (χ0v) is 27.1. The molecule has 0 aromatic heterocycles. The van der Waals surface area contributed by atoms with Crippen LogP contribution in [-0.2, 0) is 18.7 Å². The minimum atomic E-state index is -5.03. The van der Waals surface area contributed by atoms with Gasteiger partial charge in [0.1, 0.15) is 0 Å². The van der Waals surface area contributed by atoms with Gasteiger partial charge < -0.3 is 28.7 Å². The maximum Gasteiger partial charge on any atom is 1.00 e. The normalized spacial score (nSPS) is 11.5. The van der Waals surface area contributed by atoms with Gasteiger partial charge in [0.15, 0.2) is 11.0 Å². The SMILES string of the molecule is O=C(CCCCCCCCCCCCCCCCCCCCC(=O)P(=O)([O-])[O-])P(=O)([O-])[O-].[H+].[H+].[Na+].[Na+]. The van der Waals surface area contributed by atoms with Gasteiger partial charge in [-0.05, 0) is 12.8 Å². The van der Waals surface area contributed by atoms with Crippen LogP contribution in [0.25, 0.3) is 0 Å². The van der Waals surface area contributed by atoms with Crippen LogP contribution in [0.5, 0.6) is 0 Å². The molecule has 0 aliphatic heterocycles. The molecule has 12 heteroatoms. The van der Waals surface area contributed by atoms with Crippen molar-refractivity contribution in [3.63, 3.8) is 0 Å². The Bertz CT molecular complexity index is 567. The molecule has 0 N–H and O–H groups in total. The second-order valence-electron chi connectivity index (χ2n) is 8.65. The van der Waals surface area contributed by atoms with E-state index in [9.17, 15) is 38.3 Å². The van der Waals surface area contributed by atoms with Crippen molar-refractivity contribution in [1.29, 1.82) is 0 Å². The number of rotatable bonds is 23. The van der Waals surface area contributed by atoms with E-state index < -0.39 is 26.2 Å². The van der Waals surface area contributed by atoms with Gasteiger partial charge in [-0.1, -0.05) is 103 Å². The van der Waals surface area contributed by atoms with Crippen LogP contribution in [0.15, 0.2) is 0 Å². The molecule has 0 saturated heterocycles. The standard InChI is InChI=1S/C22H44O8P2.2Na/c23-21(31(25,26)27)19-17-15-13-11-9-7-5-3-1-2-4-6-8-10-12-14-16-18-20-22(24)32(28,29)30;;/h1-20H2,(H2,25,26,27)(H2,28,29,30);;/q;2*+1/p-2. The first-order valence-electron chi connectivity index (χ1n) is 12.2. The van der Waals surface area contributed by atoms with Crippen molar-refractivity contribution in [2.75, 3.05) is 0 Å².